The number of carbonyl (C=O) groups excluding carboxylic acids is 2. The minimum atomic E-state index is -0.893. The van der Waals surface area contributed by atoms with Gasteiger partial charge in [0.1, 0.15) is 15.0 Å². The van der Waals surface area contributed by atoms with Gasteiger partial charge in [-0.3, -0.25) is 14.3 Å². The van der Waals surface area contributed by atoms with Crippen molar-refractivity contribution in [2.75, 3.05) is 37.4 Å². The molecule has 1 aliphatic rings. The number of hydrogen-bond acceptors (Lipinski definition) is 8. The Labute approximate surface area is 170 Å². The van der Waals surface area contributed by atoms with Gasteiger partial charge in [-0.15, -0.1) is 0 Å². The summed E-state index contributed by atoms with van der Waals surface area (Å²) >= 11 is 1.84. The zero-order valence-corrected chi connectivity index (χ0v) is 18.1. The molecule has 2 rings (SSSR count). The van der Waals surface area contributed by atoms with Crippen LogP contribution in [0.4, 0.5) is 16.6 Å². The predicted molar refractivity (Wildman–Crippen MR) is 108 cm³/mol. The molecule has 1 aromatic rings. The quantitative estimate of drug-likeness (QED) is 0.469. The lowest BCUT2D eigenvalue weighted by Crippen LogP contribution is -2.60. The van der Waals surface area contributed by atoms with E-state index in [0.717, 1.165) is 0 Å². The number of hydrogen-bond donors (Lipinski definition) is 1. The molecular formula is C16H24IN5O5. The highest BCUT2D eigenvalue weighted by atomic mass is 127. The molecule has 2 N–H and O–H groups in total. The summed E-state index contributed by atoms with van der Waals surface area (Å²) < 4.78 is 11.9. The Hall–Kier alpha value is -2.05. The van der Waals surface area contributed by atoms with E-state index < -0.39 is 23.7 Å². The van der Waals surface area contributed by atoms with Gasteiger partial charge in [-0.05, 0) is 43.4 Å². The summed E-state index contributed by atoms with van der Waals surface area (Å²) in [4.78, 5) is 44.4. The minimum absolute atomic E-state index is 0.103. The Balaban J connectivity index is 2.33. The Bertz CT molecular complexity index is 804. The highest BCUT2D eigenvalue weighted by Crippen LogP contribution is 2.21. The SMILES string of the molecule is COC(=O)[C@H]1CN(c2nc(N)c(I)c(=O)n2C)CCN1C(=O)OC(C)(C)C. The van der Waals surface area contributed by atoms with Gasteiger partial charge < -0.3 is 20.1 Å². The number of esters is 1. The molecule has 1 fully saturated rings. The Kier molecular flexibility index (Phi) is 6.22. The summed E-state index contributed by atoms with van der Waals surface area (Å²) in [7, 11) is 2.84. The topological polar surface area (TPSA) is 120 Å². The van der Waals surface area contributed by atoms with Gasteiger partial charge in [0.25, 0.3) is 5.56 Å². The van der Waals surface area contributed by atoms with Crippen LogP contribution in [0, 0.1) is 3.57 Å². The fourth-order valence-corrected chi connectivity index (χ4v) is 3.19. The molecule has 10 nitrogen and oxygen atoms in total. The molecule has 150 valence electrons. The first kappa shape index (κ1) is 21.3. The Morgan fingerprint density at radius 1 is 1.30 bits per heavy atom. The molecule has 0 unspecified atom stereocenters. The first-order chi connectivity index (χ1) is 12.5. The molecule has 0 saturated carbocycles. The first-order valence-corrected chi connectivity index (χ1v) is 9.38. The number of halogens is 1. The van der Waals surface area contributed by atoms with Crippen LogP contribution in [0.25, 0.3) is 0 Å². The Morgan fingerprint density at radius 2 is 1.93 bits per heavy atom. The number of nitrogen functional groups attached to an aromatic ring is 1. The first-order valence-electron chi connectivity index (χ1n) is 8.30. The summed E-state index contributed by atoms with van der Waals surface area (Å²) in [5.41, 5.74) is 4.86. The molecule has 11 heteroatoms. The van der Waals surface area contributed by atoms with Crippen molar-refractivity contribution in [3.05, 3.63) is 13.9 Å². The third-order valence-electron chi connectivity index (χ3n) is 4.00. The molecule has 2 heterocycles. The molecule has 1 aromatic heterocycles. The number of anilines is 2. The lowest BCUT2D eigenvalue weighted by molar-refractivity contribution is -0.147. The van der Waals surface area contributed by atoms with Gasteiger partial charge >= 0.3 is 12.1 Å². The number of carbonyl (C=O) groups is 2. The van der Waals surface area contributed by atoms with Crippen LogP contribution < -0.4 is 16.2 Å². The second kappa shape index (κ2) is 7.90. The van der Waals surface area contributed by atoms with E-state index >= 15 is 0 Å². The zero-order valence-electron chi connectivity index (χ0n) is 16.0. The van der Waals surface area contributed by atoms with Gasteiger partial charge in [0, 0.05) is 20.1 Å². The molecule has 0 bridgehead atoms. The van der Waals surface area contributed by atoms with Crippen molar-refractivity contribution in [2.45, 2.75) is 32.4 Å². The second-order valence-corrected chi connectivity index (χ2v) is 8.21. The summed E-state index contributed by atoms with van der Waals surface area (Å²) in [6.45, 7) is 5.92. The van der Waals surface area contributed by atoms with Crippen LogP contribution in [0.3, 0.4) is 0 Å². The summed E-state index contributed by atoms with van der Waals surface area (Å²) in [6.07, 6.45) is -0.596. The number of piperazine rings is 1. The van der Waals surface area contributed by atoms with E-state index in [-0.39, 0.29) is 24.5 Å². The van der Waals surface area contributed by atoms with Crippen molar-refractivity contribution in [1.82, 2.24) is 14.5 Å². The van der Waals surface area contributed by atoms with Gasteiger partial charge in [-0.2, -0.15) is 4.98 Å². The van der Waals surface area contributed by atoms with E-state index in [9.17, 15) is 14.4 Å². The van der Waals surface area contributed by atoms with Crippen molar-refractivity contribution in [3.63, 3.8) is 0 Å². The molecule has 0 aromatic carbocycles. The maximum Gasteiger partial charge on any atom is 0.411 e. The van der Waals surface area contributed by atoms with Crippen molar-refractivity contribution < 1.29 is 19.1 Å². The molecule has 1 amide bonds. The van der Waals surface area contributed by atoms with Crippen LogP contribution in [0.2, 0.25) is 0 Å². The fourth-order valence-electron chi connectivity index (χ4n) is 2.70. The summed E-state index contributed by atoms with van der Waals surface area (Å²) in [6, 6.07) is -0.893. The number of rotatable bonds is 2. The van der Waals surface area contributed by atoms with E-state index in [0.29, 0.717) is 16.1 Å². The van der Waals surface area contributed by atoms with E-state index in [1.165, 1.54) is 16.6 Å². The summed E-state index contributed by atoms with van der Waals surface area (Å²) in [5, 5.41) is 0. The molecule has 1 saturated heterocycles. The van der Waals surface area contributed by atoms with Crippen molar-refractivity contribution in [2.24, 2.45) is 7.05 Å². The third kappa shape index (κ3) is 4.62. The van der Waals surface area contributed by atoms with Crippen LogP contribution in [-0.4, -0.2) is 64.9 Å². The van der Waals surface area contributed by atoms with Crippen LogP contribution in [-0.2, 0) is 21.3 Å². The maximum atomic E-state index is 12.5. The molecule has 0 spiro atoms. The number of amides is 1. The van der Waals surface area contributed by atoms with E-state index in [1.54, 1.807) is 32.7 Å². The predicted octanol–water partition coefficient (Wildman–Crippen LogP) is 0.566. The van der Waals surface area contributed by atoms with Gasteiger partial charge in [0.05, 0.1) is 13.7 Å². The average Bonchev–Trinajstić information content (AvgIpc) is 2.60. The second-order valence-electron chi connectivity index (χ2n) is 7.13. The van der Waals surface area contributed by atoms with Crippen molar-refractivity contribution in [1.29, 1.82) is 0 Å². The molecule has 0 aliphatic carbocycles. The van der Waals surface area contributed by atoms with Crippen LogP contribution in [0.5, 0.6) is 0 Å². The monoisotopic (exact) mass is 493 g/mol. The highest BCUT2D eigenvalue weighted by molar-refractivity contribution is 14.1. The average molecular weight is 493 g/mol. The van der Waals surface area contributed by atoms with E-state index in [4.69, 9.17) is 15.2 Å². The fraction of sp³-hybridized carbons (Fsp3) is 0.625. The highest BCUT2D eigenvalue weighted by Gasteiger charge is 2.39. The number of methoxy groups -OCH3 is 1. The number of aromatic nitrogens is 2. The molecule has 1 aliphatic heterocycles. The Morgan fingerprint density at radius 3 is 2.48 bits per heavy atom. The minimum Gasteiger partial charge on any atom is -0.467 e. The lowest BCUT2D eigenvalue weighted by Gasteiger charge is -2.40. The van der Waals surface area contributed by atoms with Gasteiger partial charge in [-0.25, -0.2) is 9.59 Å². The van der Waals surface area contributed by atoms with Crippen LogP contribution in [0.15, 0.2) is 4.79 Å². The normalized spacial score (nSPS) is 17.6. The molecule has 1 atom stereocenters. The molecule has 27 heavy (non-hydrogen) atoms. The van der Waals surface area contributed by atoms with Crippen LogP contribution in [0.1, 0.15) is 20.8 Å². The van der Waals surface area contributed by atoms with Crippen molar-refractivity contribution in [3.8, 4) is 0 Å². The van der Waals surface area contributed by atoms with Gasteiger partial charge in [0.15, 0.2) is 6.04 Å². The third-order valence-corrected chi connectivity index (χ3v) is 5.02. The van der Waals surface area contributed by atoms with Gasteiger partial charge in [-0.1, -0.05) is 0 Å². The number of ether oxygens (including phenoxy) is 2. The number of nitrogens with two attached hydrogens (primary N) is 1. The molecule has 0 radical (unpaired) electrons. The maximum absolute atomic E-state index is 12.5. The van der Waals surface area contributed by atoms with Crippen molar-refractivity contribution >= 4 is 46.4 Å². The standard InChI is InChI=1S/C16H24IN5O5/c1-16(2,3)27-15(25)22-7-6-21(8-9(22)13(24)26-5)14-19-11(18)10(17)12(23)20(14)4/h9H,6-8,18H2,1-5H3/t9-/m1/s1. The van der Waals surface area contributed by atoms with Gasteiger partial charge in [0.2, 0.25) is 5.95 Å². The smallest absolute Gasteiger partial charge is 0.411 e. The largest absolute Gasteiger partial charge is 0.467 e. The van der Waals surface area contributed by atoms with E-state index in [2.05, 4.69) is 4.98 Å². The lowest BCUT2D eigenvalue weighted by atomic mass is 10.1. The van der Waals surface area contributed by atoms with E-state index in [1.807, 2.05) is 22.6 Å². The molecular weight excluding hydrogens is 469 g/mol. The van der Waals surface area contributed by atoms with Crippen LogP contribution >= 0.6 is 22.6 Å². The zero-order chi connectivity index (χ0) is 20.5. The number of nitrogens with zero attached hydrogens (tertiary/aromatic N) is 4. The summed E-state index contributed by atoms with van der Waals surface area (Å²) in [5.74, 6) is -0.123.